The van der Waals surface area contributed by atoms with Crippen molar-refractivity contribution < 1.29 is 9.18 Å². The zero-order chi connectivity index (χ0) is 11.5. The summed E-state index contributed by atoms with van der Waals surface area (Å²) in [6, 6.07) is 4.96. The molecule has 2 heteroatoms. The number of halogens is 1. The van der Waals surface area contributed by atoms with Crippen LogP contribution in [-0.2, 0) is 4.79 Å². The van der Waals surface area contributed by atoms with Crippen LogP contribution in [-0.4, -0.2) is 5.78 Å². The molecule has 1 nitrogen and oxygen atoms in total. The molecule has 1 aliphatic rings. The van der Waals surface area contributed by atoms with Crippen molar-refractivity contribution in [2.24, 2.45) is 0 Å². The lowest BCUT2D eigenvalue weighted by Crippen LogP contribution is -2.10. The van der Waals surface area contributed by atoms with Crippen molar-refractivity contribution in [1.82, 2.24) is 0 Å². The van der Waals surface area contributed by atoms with Crippen LogP contribution in [0.2, 0.25) is 0 Å². The van der Waals surface area contributed by atoms with E-state index in [-0.39, 0.29) is 17.5 Å². The maximum absolute atomic E-state index is 13.3. The number of hydrogen-bond acceptors (Lipinski definition) is 1. The van der Waals surface area contributed by atoms with Crippen LogP contribution in [0.1, 0.15) is 49.1 Å². The van der Waals surface area contributed by atoms with Gasteiger partial charge in [0, 0.05) is 12.3 Å². The van der Waals surface area contributed by atoms with E-state index in [1.54, 1.807) is 0 Å². The first-order chi connectivity index (χ1) is 7.66. The maximum atomic E-state index is 13.3. The van der Waals surface area contributed by atoms with E-state index in [1.165, 1.54) is 12.1 Å². The molecule has 0 heterocycles. The van der Waals surface area contributed by atoms with Crippen molar-refractivity contribution >= 4 is 5.78 Å². The number of aryl methyl sites for hydroxylation is 1. The van der Waals surface area contributed by atoms with E-state index < -0.39 is 0 Å². The number of ketones is 1. The van der Waals surface area contributed by atoms with Crippen molar-refractivity contribution in [3.05, 3.63) is 35.1 Å². The van der Waals surface area contributed by atoms with Crippen LogP contribution >= 0.6 is 0 Å². The predicted octanol–water partition coefficient (Wildman–Crippen LogP) is 3.75. The minimum atomic E-state index is -0.230. The van der Waals surface area contributed by atoms with E-state index in [0.29, 0.717) is 6.42 Å². The van der Waals surface area contributed by atoms with E-state index >= 15 is 0 Å². The topological polar surface area (TPSA) is 17.1 Å². The van der Waals surface area contributed by atoms with Crippen LogP contribution in [0.3, 0.4) is 0 Å². The summed E-state index contributed by atoms with van der Waals surface area (Å²) in [5, 5.41) is 0. The molecule has 0 N–H and O–H groups in total. The lowest BCUT2D eigenvalue weighted by molar-refractivity contribution is -0.120. The van der Waals surface area contributed by atoms with E-state index in [1.807, 2.05) is 13.0 Å². The second-order valence-electron chi connectivity index (χ2n) is 4.68. The van der Waals surface area contributed by atoms with Crippen LogP contribution in [0.4, 0.5) is 4.39 Å². The van der Waals surface area contributed by atoms with Gasteiger partial charge in [-0.05, 0) is 43.0 Å². The monoisotopic (exact) mass is 220 g/mol. The van der Waals surface area contributed by atoms with Gasteiger partial charge >= 0.3 is 0 Å². The molecule has 1 atom stereocenters. The Morgan fingerprint density at radius 3 is 2.75 bits per heavy atom. The van der Waals surface area contributed by atoms with E-state index in [4.69, 9.17) is 0 Å². The van der Waals surface area contributed by atoms with Gasteiger partial charge < -0.3 is 0 Å². The van der Waals surface area contributed by atoms with Gasteiger partial charge in [-0.1, -0.05) is 18.9 Å². The molecule has 1 fully saturated rings. The molecule has 1 aromatic rings. The Morgan fingerprint density at radius 1 is 1.19 bits per heavy atom. The standard InChI is InChI=1S/C14H17FO/c1-10-7-11(9-12(15)8-10)13-5-3-2-4-6-14(13)16/h7-9,13H,2-6H2,1H3. The molecule has 1 unspecified atom stereocenters. The summed E-state index contributed by atoms with van der Waals surface area (Å²) in [7, 11) is 0. The molecule has 0 bridgehead atoms. The fourth-order valence-electron chi connectivity index (χ4n) is 2.48. The summed E-state index contributed by atoms with van der Waals surface area (Å²) in [6.07, 6.45) is 4.72. The molecular weight excluding hydrogens is 203 g/mol. The van der Waals surface area contributed by atoms with Gasteiger partial charge in [0.1, 0.15) is 11.6 Å². The Balaban J connectivity index is 2.30. The number of hydrogen-bond donors (Lipinski definition) is 0. The zero-order valence-corrected chi connectivity index (χ0v) is 9.63. The average molecular weight is 220 g/mol. The van der Waals surface area contributed by atoms with Gasteiger partial charge in [0.25, 0.3) is 0 Å². The van der Waals surface area contributed by atoms with Crippen molar-refractivity contribution in [1.29, 1.82) is 0 Å². The summed E-state index contributed by atoms with van der Waals surface area (Å²) >= 11 is 0. The Morgan fingerprint density at radius 2 is 2.00 bits per heavy atom. The molecule has 86 valence electrons. The minimum Gasteiger partial charge on any atom is -0.299 e. The quantitative estimate of drug-likeness (QED) is 0.659. The third-order valence-corrected chi connectivity index (χ3v) is 3.27. The molecule has 0 saturated heterocycles. The average Bonchev–Trinajstić information content (AvgIpc) is 2.41. The molecule has 0 spiro atoms. The number of rotatable bonds is 1. The van der Waals surface area contributed by atoms with Gasteiger partial charge in [0.05, 0.1) is 0 Å². The van der Waals surface area contributed by atoms with Gasteiger partial charge in [0.15, 0.2) is 0 Å². The normalized spacial score (nSPS) is 21.9. The highest BCUT2D eigenvalue weighted by atomic mass is 19.1. The molecule has 0 amide bonds. The van der Waals surface area contributed by atoms with Crippen molar-refractivity contribution in [2.45, 2.75) is 44.9 Å². The summed E-state index contributed by atoms with van der Waals surface area (Å²) in [6.45, 7) is 1.87. The summed E-state index contributed by atoms with van der Waals surface area (Å²) in [5.74, 6) is -0.0218. The zero-order valence-electron chi connectivity index (χ0n) is 9.63. The first-order valence-electron chi connectivity index (χ1n) is 5.96. The van der Waals surface area contributed by atoms with E-state index in [0.717, 1.165) is 36.8 Å². The van der Waals surface area contributed by atoms with Gasteiger partial charge in [-0.3, -0.25) is 4.79 Å². The van der Waals surface area contributed by atoms with Crippen LogP contribution in [0.5, 0.6) is 0 Å². The van der Waals surface area contributed by atoms with Gasteiger partial charge in [0.2, 0.25) is 0 Å². The highest BCUT2D eigenvalue weighted by Gasteiger charge is 2.22. The molecule has 0 aliphatic heterocycles. The summed E-state index contributed by atoms with van der Waals surface area (Å²) < 4.78 is 13.3. The van der Waals surface area contributed by atoms with Crippen molar-refractivity contribution in [2.75, 3.05) is 0 Å². The Bertz CT molecular complexity index is 377. The van der Waals surface area contributed by atoms with Gasteiger partial charge in [-0.25, -0.2) is 4.39 Å². The molecule has 0 radical (unpaired) electrons. The number of carbonyl (C=O) groups is 1. The largest absolute Gasteiger partial charge is 0.299 e. The number of Topliss-reactive ketones (excluding diaryl/α,β-unsaturated/α-hetero) is 1. The minimum absolute atomic E-state index is 0.0723. The van der Waals surface area contributed by atoms with Crippen LogP contribution in [0.25, 0.3) is 0 Å². The van der Waals surface area contributed by atoms with Gasteiger partial charge in [-0.15, -0.1) is 0 Å². The molecule has 1 saturated carbocycles. The van der Waals surface area contributed by atoms with Crippen LogP contribution in [0.15, 0.2) is 18.2 Å². The third kappa shape index (κ3) is 2.49. The summed E-state index contributed by atoms with van der Waals surface area (Å²) in [5.41, 5.74) is 1.76. The van der Waals surface area contributed by atoms with E-state index in [9.17, 15) is 9.18 Å². The highest BCUT2D eigenvalue weighted by molar-refractivity contribution is 5.85. The Labute approximate surface area is 95.7 Å². The molecule has 1 aromatic carbocycles. The number of benzene rings is 1. The second kappa shape index (κ2) is 4.77. The second-order valence-corrected chi connectivity index (χ2v) is 4.68. The third-order valence-electron chi connectivity index (χ3n) is 3.27. The summed E-state index contributed by atoms with van der Waals surface area (Å²) in [4.78, 5) is 11.9. The molecule has 0 aromatic heterocycles. The highest BCUT2D eigenvalue weighted by Crippen LogP contribution is 2.29. The first kappa shape index (κ1) is 11.3. The smallest absolute Gasteiger partial charge is 0.140 e. The predicted molar refractivity (Wildman–Crippen MR) is 62.0 cm³/mol. The lowest BCUT2D eigenvalue weighted by atomic mass is 9.90. The molecule has 1 aliphatic carbocycles. The Kier molecular flexibility index (Phi) is 3.37. The first-order valence-corrected chi connectivity index (χ1v) is 5.96. The fraction of sp³-hybridized carbons (Fsp3) is 0.500. The van der Waals surface area contributed by atoms with Crippen LogP contribution in [0, 0.1) is 12.7 Å². The fourth-order valence-corrected chi connectivity index (χ4v) is 2.48. The Hall–Kier alpha value is -1.18. The lowest BCUT2D eigenvalue weighted by Gasteiger charge is -2.14. The SMILES string of the molecule is Cc1cc(F)cc(C2CCCCCC2=O)c1. The maximum Gasteiger partial charge on any atom is 0.140 e. The molecule has 16 heavy (non-hydrogen) atoms. The molecular formula is C14H17FO. The van der Waals surface area contributed by atoms with Crippen molar-refractivity contribution in [3.63, 3.8) is 0 Å². The van der Waals surface area contributed by atoms with Gasteiger partial charge in [-0.2, -0.15) is 0 Å². The van der Waals surface area contributed by atoms with E-state index in [2.05, 4.69) is 0 Å². The van der Waals surface area contributed by atoms with Crippen LogP contribution < -0.4 is 0 Å². The van der Waals surface area contributed by atoms with Crippen molar-refractivity contribution in [3.8, 4) is 0 Å². The molecule has 2 rings (SSSR count). The number of carbonyl (C=O) groups excluding carboxylic acids is 1.